The Bertz CT molecular complexity index is 634. The van der Waals surface area contributed by atoms with Crippen molar-refractivity contribution < 1.29 is 9.21 Å². The van der Waals surface area contributed by atoms with Crippen LogP contribution >= 0.6 is 23.2 Å². The van der Waals surface area contributed by atoms with Crippen molar-refractivity contribution in [2.45, 2.75) is 25.4 Å². The lowest BCUT2D eigenvalue weighted by atomic mass is 10.3. The number of hydrogen-bond acceptors (Lipinski definition) is 3. The van der Waals surface area contributed by atoms with Gasteiger partial charge in [-0.15, -0.1) is 0 Å². The lowest BCUT2D eigenvalue weighted by Crippen LogP contribution is -2.34. The van der Waals surface area contributed by atoms with Gasteiger partial charge in [0.05, 0.1) is 35.1 Å². The Hall–Kier alpha value is -1.49. The van der Waals surface area contributed by atoms with Gasteiger partial charge in [-0.05, 0) is 37.1 Å². The van der Waals surface area contributed by atoms with Crippen LogP contribution in [0.1, 0.15) is 18.6 Å². The van der Waals surface area contributed by atoms with Crippen LogP contribution in [0.15, 0.2) is 41.0 Å². The van der Waals surface area contributed by atoms with Gasteiger partial charge in [0, 0.05) is 6.04 Å². The molecule has 2 aromatic rings. The maximum atomic E-state index is 12.3. The van der Waals surface area contributed by atoms with E-state index in [4.69, 9.17) is 27.6 Å². The average Bonchev–Trinajstić information content (AvgIpc) is 3.21. The van der Waals surface area contributed by atoms with Crippen LogP contribution in [-0.4, -0.2) is 23.4 Å². The number of nitrogens with zero attached hydrogens (tertiary/aromatic N) is 1. The predicted molar refractivity (Wildman–Crippen MR) is 87.2 cm³/mol. The molecule has 0 aliphatic heterocycles. The van der Waals surface area contributed by atoms with Gasteiger partial charge >= 0.3 is 0 Å². The highest BCUT2D eigenvalue weighted by Gasteiger charge is 2.31. The quantitative estimate of drug-likeness (QED) is 0.858. The fourth-order valence-corrected chi connectivity index (χ4v) is 2.83. The van der Waals surface area contributed by atoms with E-state index in [1.807, 2.05) is 12.1 Å². The van der Waals surface area contributed by atoms with E-state index in [9.17, 15) is 4.79 Å². The average molecular weight is 339 g/mol. The SMILES string of the molecule is O=C(CN(Cc1ccco1)C1CC1)Nc1c(Cl)cccc1Cl. The Labute approximate surface area is 139 Å². The number of hydrogen-bond donors (Lipinski definition) is 1. The molecule has 1 aliphatic rings. The molecule has 1 fully saturated rings. The molecule has 116 valence electrons. The number of carbonyl (C=O) groups is 1. The summed E-state index contributed by atoms with van der Waals surface area (Å²) in [5.74, 6) is 0.726. The van der Waals surface area contributed by atoms with Gasteiger partial charge in [0.2, 0.25) is 5.91 Å². The molecule has 6 heteroatoms. The molecule has 1 aromatic heterocycles. The van der Waals surface area contributed by atoms with E-state index in [0.29, 0.717) is 28.3 Å². The molecule has 1 amide bonds. The minimum atomic E-state index is -0.131. The van der Waals surface area contributed by atoms with Crippen LogP contribution in [0.5, 0.6) is 0 Å². The van der Waals surface area contributed by atoms with Crippen molar-refractivity contribution in [2.75, 3.05) is 11.9 Å². The van der Waals surface area contributed by atoms with Gasteiger partial charge in [-0.1, -0.05) is 29.3 Å². The zero-order valence-electron chi connectivity index (χ0n) is 11.9. The van der Waals surface area contributed by atoms with Crippen molar-refractivity contribution in [2.24, 2.45) is 0 Å². The second-order valence-corrected chi connectivity index (χ2v) is 6.17. The zero-order chi connectivity index (χ0) is 15.5. The van der Waals surface area contributed by atoms with Gasteiger partial charge in [-0.3, -0.25) is 9.69 Å². The van der Waals surface area contributed by atoms with Gasteiger partial charge in [-0.2, -0.15) is 0 Å². The molecule has 0 saturated heterocycles. The fraction of sp³-hybridized carbons (Fsp3) is 0.312. The molecule has 0 bridgehead atoms. The van der Waals surface area contributed by atoms with Crippen molar-refractivity contribution in [3.63, 3.8) is 0 Å². The summed E-state index contributed by atoms with van der Waals surface area (Å²) in [6.07, 6.45) is 3.87. The van der Waals surface area contributed by atoms with Crippen LogP contribution in [0.25, 0.3) is 0 Å². The van der Waals surface area contributed by atoms with Crippen molar-refractivity contribution in [3.8, 4) is 0 Å². The first-order chi connectivity index (χ1) is 10.6. The summed E-state index contributed by atoms with van der Waals surface area (Å²) < 4.78 is 5.36. The van der Waals surface area contributed by atoms with Crippen LogP contribution in [0, 0.1) is 0 Å². The van der Waals surface area contributed by atoms with Gasteiger partial charge in [-0.25, -0.2) is 0 Å². The van der Waals surface area contributed by atoms with E-state index in [1.54, 1.807) is 24.5 Å². The second kappa shape index (κ2) is 6.73. The van der Waals surface area contributed by atoms with Crippen molar-refractivity contribution in [1.82, 2.24) is 4.90 Å². The molecule has 4 nitrogen and oxygen atoms in total. The lowest BCUT2D eigenvalue weighted by molar-refractivity contribution is -0.117. The number of benzene rings is 1. The number of anilines is 1. The van der Waals surface area contributed by atoms with E-state index < -0.39 is 0 Å². The third-order valence-corrected chi connectivity index (χ3v) is 4.21. The smallest absolute Gasteiger partial charge is 0.238 e. The summed E-state index contributed by atoms with van der Waals surface area (Å²) in [4.78, 5) is 14.4. The standard InChI is InChI=1S/C16H16Cl2N2O2/c17-13-4-1-5-14(18)16(13)19-15(21)10-20(11-6-7-11)9-12-3-2-8-22-12/h1-5,8,11H,6-7,9-10H2,(H,19,21). The molecule has 3 rings (SSSR count). The molecule has 0 unspecified atom stereocenters. The van der Waals surface area contributed by atoms with E-state index in [2.05, 4.69) is 10.2 Å². The predicted octanol–water partition coefficient (Wildman–Crippen LogP) is 4.19. The normalized spacial score (nSPS) is 14.3. The van der Waals surface area contributed by atoms with Gasteiger partial charge in [0.1, 0.15) is 5.76 Å². The van der Waals surface area contributed by atoms with Gasteiger partial charge in [0.25, 0.3) is 0 Å². The first-order valence-electron chi connectivity index (χ1n) is 7.14. The Morgan fingerprint density at radius 2 is 1.95 bits per heavy atom. The van der Waals surface area contributed by atoms with E-state index in [1.165, 1.54) is 0 Å². The molecule has 1 heterocycles. The minimum Gasteiger partial charge on any atom is -0.468 e. The molecule has 0 radical (unpaired) electrons. The Morgan fingerprint density at radius 3 is 2.55 bits per heavy atom. The van der Waals surface area contributed by atoms with Gasteiger partial charge in [0.15, 0.2) is 0 Å². The second-order valence-electron chi connectivity index (χ2n) is 5.36. The Balaban J connectivity index is 1.64. The summed E-state index contributed by atoms with van der Waals surface area (Å²) in [6.45, 7) is 0.911. The van der Waals surface area contributed by atoms with E-state index in [-0.39, 0.29) is 12.5 Å². The number of nitrogens with one attached hydrogen (secondary N) is 1. The van der Waals surface area contributed by atoms with Crippen molar-refractivity contribution >= 4 is 34.8 Å². The first-order valence-corrected chi connectivity index (χ1v) is 7.89. The molecular formula is C16H16Cl2N2O2. The Kier molecular flexibility index (Phi) is 4.71. The third kappa shape index (κ3) is 3.83. The van der Waals surface area contributed by atoms with Crippen molar-refractivity contribution in [1.29, 1.82) is 0 Å². The number of carbonyl (C=O) groups excluding carboxylic acids is 1. The molecule has 22 heavy (non-hydrogen) atoms. The highest BCUT2D eigenvalue weighted by Crippen LogP contribution is 2.31. The summed E-state index contributed by atoms with van der Waals surface area (Å²) in [6, 6.07) is 9.35. The first kappa shape index (κ1) is 15.4. The molecule has 0 spiro atoms. The molecule has 1 saturated carbocycles. The van der Waals surface area contributed by atoms with E-state index in [0.717, 1.165) is 18.6 Å². The van der Waals surface area contributed by atoms with Crippen LogP contribution in [0.2, 0.25) is 10.0 Å². The van der Waals surface area contributed by atoms with Gasteiger partial charge < -0.3 is 9.73 Å². The third-order valence-electron chi connectivity index (χ3n) is 3.58. The molecule has 1 N–H and O–H groups in total. The topological polar surface area (TPSA) is 45.5 Å². The molecular weight excluding hydrogens is 323 g/mol. The van der Waals surface area contributed by atoms with Crippen LogP contribution in [0.4, 0.5) is 5.69 Å². The minimum absolute atomic E-state index is 0.131. The van der Waals surface area contributed by atoms with Crippen LogP contribution in [0.3, 0.4) is 0 Å². The monoisotopic (exact) mass is 338 g/mol. The number of rotatable bonds is 6. The number of amides is 1. The largest absolute Gasteiger partial charge is 0.468 e. The molecule has 0 atom stereocenters. The number of halogens is 2. The summed E-state index contributed by atoms with van der Waals surface area (Å²) in [7, 11) is 0. The maximum Gasteiger partial charge on any atom is 0.238 e. The number of para-hydroxylation sites is 1. The van der Waals surface area contributed by atoms with Crippen LogP contribution < -0.4 is 5.32 Å². The highest BCUT2D eigenvalue weighted by molar-refractivity contribution is 6.39. The molecule has 1 aliphatic carbocycles. The summed E-state index contributed by atoms with van der Waals surface area (Å²) >= 11 is 12.1. The van der Waals surface area contributed by atoms with Crippen molar-refractivity contribution in [3.05, 3.63) is 52.4 Å². The lowest BCUT2D eigenvalue weighted by Gasteiger charge is -2.20. The van der Waals surface area contributed by atoms with Crippen LogP contribution in [-0.2, 0) is 11.3 Å². The molecule has 1 aromatic carbocycles. The zero-order valence-corrected chi connectivity index (χ0v) is 13.4. The maximum absolute atomic E-state index is 12.3. The highest BCUT2D eigenvalue weighted by atomic mass is 35.5. The summed E-state index contributed by atoms with van der Waals surface area (Å²) in [5.41, 5.74) is 0.463. The summed E-state index contributed by atoms with van der Waals surface area (Å²) in [5, 5.41) is 3.67. The number of furan rings is 1. The fourth-order valence-electron chi connectivity index (χ4n) is 2.34. The Morgan fingerprint density at radius 1 is 1.23 bits per heavy atom. The van der Waals surface area contributed by atoms with E-state index >= 15 is 0 Å².